The highest BCUT2D eigenvalue weighted by atomic mass is 16.3. The van der Waals surface area contributed by atoms with E-state index in [9.17, 15) is 5.11 Å². The molecule has 9 atom stereocenters. The summed E-state index contributed by atoms with van der Waals surface area (Å²) in [4.78, 5) is 0. The van der Waals surface area contributed by atoms with Crippen LogP contribution >= 0.6 is 0 Å². The zero-order valence-electron chi connectivity index (χ0n) is 21.8. The van der Waals surface area contributed by atoms with Crippen molar-refractivity contribution in [3.8, 4) is 0 Å². The lowest BCUT2D eigenvalue weighted by atomic mass is 9.40. The number of rotatable bonds is 6. The second kappa shape index (κ2) is 8.48. The predicted molar refractivity (Wildman–Crippen MR) is 133 cm³/mol. The first-order valence-electron chi connectivity index (χ1n) is 13.9. The predicted octanol–water partition coefficient (Wildman–Crippen LogP) is 8.41. The maximum absolute atomic E-state index is 10.3. The minimum atomic E-state index is -0.0946. The molecule has 0 aromatic heterocycles. The van der Waals surface area contributed by atoms with E-state index in [1.54, 1.807) is 5.57 Å². The Morgan fingerprint density at radius 1 is 0.968 bits per heavy atom. The second-order valence-corrected chi connectivity index (χ2v) is 13.5. The molecule has 1 N–H and O–H groups in total. The van der Waals surface area contributed by atoms with E-state index in [1.165, 1.54) is 57.8 Å². The maximum atomic E-state index is 10.3. The van der Waals surface area contributed by atoms with E-state index in [1.807, 2.05) is 0 Å². The SMILES string of the molecule is CC[C@H](CC[C@@H](C)[C@H]1CCC2C3CC=C4C[C@@H](O)CC[C@]4(C)[C@@]3(C)CC[C@@]21C)C(C)C. The average molecular weight is 429 g/mol. The molecule has 0 aromatic rings. The van der Waals surface area contributed by atoms with Gasteiger partial charge >= 0.3 is 0 Å². The van der Waals surface area contributed by atoms with Crippen molar-refractivity contribution in [2.24, 2.45) is 51.8 Å². The summed E-state index contributed by atoms with van der Waals surface area (Å²) >= 11 is 0. The van der Waals surface area contributed by atoms with Crippen LogP contribution in [0.1, 0.15) is 119 Å². The number of allylic oxidation sites excluding steroid dienone is 1. The minimum Gasteiger partial charge on any atom is -0.393 e. The van der Waals surface area contributed by atoms with Gasteiger partial charge in [0.2, 0.25) is 0 Å². The molecule has 2 unspecified atom stereocenters. The van der Waals surface area contributed by atoms with Gasteiger partial charge in [0.05, 0.1) is 6.10 Å². The molecule has 0 heterocycles. The van der Waals surface area contributed by atoms with E-state index in [2.05, 4.69) is 54.5 Å². The number of aliphatic hydroxyl groups excluding tert-OH is 1. The summed E-state index contributed by atoms with van der Waals surface area (Å²) in [5.41, 5.74) is 2.92. The van der Waals surface area contributed by atoms with Gasteiger partial charge < -0.3 is 5.11 Å². The molecule has 0 aromatic carbocycles. The Balaban J connectivity index is 1.52. The van der Waals surface area contributed by atoms with Gasteiger partial charge in [0, 0.05) is 0 Å². The first kappa shape index (κ1) is 23.8. The molecule has 0 aliphatic heterocycles. The molecular formula is C30H52O. The standard InChI is InChI=1S/C30H52O/c1-8-22(20(2)3)10-9-21(4)25-13-14-26-27-12-11-23-19-24(31)15-16-29(23,6)30(27,7)18-17-28(25,26)5/h11,20-22,24-27,31H,8-10,12-19H2,1-7H3/t21-,22-,24+,25-,26?,27?,28-,29+,30+/m1/s1. The Labute approximate surface area is 193 Å². The molecule has 0 bridgehead atoms. The molecule has 0 radical (unpaired) electrons. The maximum Gasteiger partial charge on any atom is 0.0577 e. The summed E-state index contributed by atoms with van der Waals surface area (Å²) in [5.74, 6) is 5.31. The molecule has 0 saturated heterocycles. The van der Waals surface area contributed by atoms with Crippen molar-refractivity contribution >= 4 is 0 Å². The molecule has 3 saturated carbocycles. The molecule has 31 heavy (non-hydrogen) atoms. The van der Waals surface area contributed by atoms with E-state index >= 15 is 0 Å². The molecular weight excluding hydrogens is 376 g/mol. The zero-order chi connectivity index (χ0) is 22.6. The molecule has 3 fully saturated rings. The van der Waals surface area contributed by atoms with E-state index in [0.717, 1.165) is 48.3 Å². The van der Waals surface area contributed by atoms with Gasteiger partial charge in [0.1, 0.15) is 0 Å². The van der Waals surface area contributed by atoms with Gasteiger partial charge in [0.25, 0.3) is 0 Å². The fourth-order valence-electron chi connectivity index (χ4n) is 9.64. The van der Waals surface area contributed by atoms with Crippen LogP contribution in [0.25, 0.3) is 0 Å². The Morgan fingerprint density at radius 2 is 1.71 bits per heavy atom. The van der Waals surface area contributed by atoms with Gasteiger partial charge in [-0.15, -0.1) is 0 Å². The van der Waals surface area contributed by atoms with Crippen LogP contribution in [-0.4, -0.2) is 11.2 Å². The Morgan fingerprint density at radius 3 is 2.39 bits per heavy atom. The Kier molecular flexibility index (Phi) is 6.53. The van der Waals surface area contributed by atoms with E-state index in [-0.39, 0.29) is 6.10 Å². The molecule has 4 aliphatic carbocycles. The van der Waals surface area contributed by atoms with Gasteiger partial charge in [0.15, 0.2) is 0 Å². The van der Waals surface area contributed by atoms with Crippen LogP contribution in [0.15, 0.2) is 11.6 Å². The number of hydrogen-bond donors (Lipinski definition) is 1. The average Bonchev–Trinajstić information content (AvgIpc) is 3.07. The van der Waals surface area contributed by atoms with Crippen molar-refractivity contribution in [1.82, 2.24) is 0 Å². The van der Waals surface area contributed by atoms with Crippen molar-refractivity contribution in [2.75, 3.05) is 0 Å². The van der Waals surface area contributed by atoms with Crippen LogP contribution < -0.4 is 0 Å². The fraction of sp³-hybridized carbons (Fsp3) is 0.933. The van der Waals surface area contributed by atoms with Crippen LogP contribution in [-0.2, 0) is 0 Å². The van der Waals surface area contributed by atoms with Crippen molar-refractivity contribution in [1.29, 1.82) is 0 Å². The van der Waals surface area contributed by atoms with Gasteiger partial charge in [-0.25, -0.2) is 0 Å². The summed E-state index contributed by atoms with van der Waals surface area (Å²) in [6, 6.07) is 0. The van der Waals surface area contributed by atoms with Crippen LogP contribution in [0.5, 0.6) is 0 Å². The van der Waals surface area contributed by atoms with Crippen molar-refractivity contribution in [2.45, 2.75) is 125 Å². The van der Waals surface area contributed by atoms with Gasteiger partial charge in [-0.3, -0.25) is 0 Å². The third-order valence-corrected chi connectivity index (χ3v) is 12.1. The van der Waals surface area contributed by atoms with Crippen LogP contribution in [0.3, 0.4) is 0 Å². The second-order valence-electron chi connectivity index (χ2n) is 13.5. The topological polar surface area (TPSA) is 20.2 Å². The number of aliphatic hydroxyl groups is 1. The van der Waals surface area contributed by atoms with Crippen molar-refractivity contribution < 1.29 is 5.11 Å². The number of fused-ring (bicyclic) bond motifs is 5. The summed E-state index contributed by atoms with van der Waals surface area (Å²) in [7, 11) is 0. The normalized spacial score (nSPS) is 46.7. The molecule has 0 amide bonds. The van der Waals surface area contributed by atoms with Crippen molar-refractivity contribution in [3.63, 3.8) is 0 Å². The largest absolute Gasteiger partial charge is 0.393 e. The van der Waals surface area contributed by atoms with Crippen LogP contribution in [0.4, 0.5) is 0 Å². The van der Waals surface area contributed by atoms with Crippen molar-refractivity contribution in [3.05, 3.63) is 11.6 Å². The monoisotopic (exact) mass is 428 g/mol. The highest BCUT2D eigenvalue weighted by Gasteiger charge is 2.63. The highest BCUT2D eigenvalue weighted by Crippen LogP contribution is 2.72. The zero-order valence-corrected chi connectivity index (χ0v) is 21.8. The molecule has 0 spiro atoms. The smallest absolute Gasteiger partial charge is 0.0577 e. The third kappa shape index (κ3) is 3.68. The van der Waals surface area contributed by atoms with E-state index < -0.39 is 0 Å². The van der Waals surface area contributed by atoms with Gasteiger partial charge in [-0.1, -0.05) is 73.0 Å². The van der Waals surface area contributed by atoms with Crippen LogP contribution in [0, 0.1) is 51.8 Å². The molecule has 1 heteroatoms. The summed E-state index contributed by atoms with van der Waals surface area (Å²) in [5, 5.41) is 10.3. The van der Waals surface area contributed by atoms with E-state index in [0.29, 0.717) is 16.2 Å². The lowest BCUT2D eigenvalue weighted by Gasteiger charge is -2.64. The summed E-state index contributed by atoms with van der Waals surface area (Å²) in [6.07, 6.45) is 16.9. The summed E-state index contributed by atoms with van der Waals surface area (Å²) < 4.78 is 0. The molecule has 4 aliphatic rings. The van der Waals surface area contributed by atoms with Gasteiger partial charge in [-0.2, -0.15) is 0 Å². The van der Waals surface area contributed by atoms with Gasteiger partial charge in [-0.05, 0) is 110 Å². The van der Waals surface area contributed by atoms with Crippen LogP contribution in [0.2, 0.25) is 0 Å². The first-order valence-corrected chi connectivity index (χ1v) is 13.9. The molecule has 178 valence electrons. The lowest BCUT2D eigenvalue weighted by Crippen LogP contribution is -2.57. The summed E-state index contributed by atoms with van der Waals surface area (Å²) in [6.45, 7) is 17.8. The fourth-order valence-corrected chi connectivity index (χ4v) is 9.64. The molecule has 4 rings (SSSR count). The third-order valence-electron chi connectivity index (χ3n) is 12.1. The highest BCUT2D eigenvalue weighted by molar-refractivity contribution is 5.28. The first-order chi connectivity index (χ1) is 14.6. The molecule has 1 nitrogen and oxygen atoms in total. The Hall–Kier alpha value is -0.300. The quantitative estimate of drug-likeness (QED) is 0.421. The Bertz CT molecular complexity index is 678. The minimum absolute atomic E-state index is 0.0946. The lowest BCUT2D eigenvalue weighted by molar-refractivity contribution is -0.118. The van der Waals surface area contributed by atoms with E-state index in [4.69, 9.17) is 0 Å². The number of hydrogen-bond acceptors (Lipinski definition) is 1.